The van der Waals surface area contributed by atoms with Gasteiger partial charge in [0.1, 0.15) is 0 Å². The molecule has 0 N–H and O–H groups in total. The zero-order chi connectivity index (χ0) is 15.1. The average molecular weight is 395 g/mol. The summed E-state index contributed by atoms with van der Waals surface area (Å²) in [5, 5.41) is 0. The molecule has 0 fully saturated rings. The Labute approximate surface area is 134 Å². The van der Waals surface area contributed by atoms with Crippen molar-refractivity contribution in [2.75, 3.05) is 0 Å². The fourth-order valence-corrected chi connectivity index (χ4v) is 20.0. The molecule has 1 aromatic heterocycles. The standard InChI is InChI=1S/C6H5N2.3C4H9.Sn/c1-2-6-7-3-5-8(6)4-1;3*1-3-4-2;/h1-3H,4H2;3*1,3-4H2,2H3;. The summed E-state index contributed by atoms with van der Waals surface area (Å²) in [5.74, 6) is 1.22. The van der Waals surface area contributed by atoms with Gasteiger partial charge < -0.3 is 0 Å². The molecule has 0 radical (unpaired) electrons. The molecule has 1 aliphatic rings. The molecule has 0 bridgehead atoms. The normalized spacial score (nSPS) is 13.9. The van der Waals surface area contributed by atoms with Gasteiger partial charge in [-0.3, -0.25) is 0 Å². The maximum absolute atomic E-state index is 4.72. The van der Waals surface area contributed by atoms with Gasteiger partial charge in [0.25, 0.3) is 0 Å². The Morgan fingerprint density at radius 3 is 2.10 bits per heavy atom. The van der Waals surface area contributed by atoms with Crippen molar-refractivity contribution in [3.05, 3.63) is 18.1 Å². The van der Waals surface area contributed by atoms with Gasteiger partial charge >= 0.3 is 135 Å². The van der Waals surface area contributed by atoms with Gasteiger partial charge in [-0.05, 0) is 0 Å². The predicted molar refractivity (Wildman–Crippen MR) is 95.8 cm³/mol. The van der Waals surface area contributed by atoms with E-state index in [1.807, 2.05) is 0 Å². The Bertz CT molecular complexity index is 440. The van der Waals surface area contributed by atoms with Crippen LogP contribution in [0.25, 0.3) is 6.08 Å². The Balaban J connectivity index is 2.30. The van der Waals surface area contributed by atoms with E-state index in [1.165, 1.54) is 57.7 Å². The van der Waals surface area contributed by atoms with E-state index in [9.17, 15) is 0 Å². The van der Waals surface area contributed by atoms with E-state index in [-0.39, 0.29) is 0 Å². The summed E-state index contributed by atoms with van der Waals surface area (Å²) in [6.45, 7) is 8.11. The number of fused-ring (bicyclic) bond motifs is 1. The van der Waals surface area contributed by atoms with Gasteiger partial charge in [0, 0.05) is 0 Å². The van der Waals surface area contributed by atoms with Crippen LogP contribution in [0.4, 0.5) is 0 Å². The number of allylic oxidation sites excluding steroid dienone is 1. The molecule has 0 amide bonds. The fourth-order valence-electron chi connectivity index (χ4n) is 3.71. The Morgan fingerprint density at radius 1 is 1.00 bits per heavy atom. The number of aromatic nitrogens is 2. The predicted octanol–water partition coefficient (Wildman–Crippen LogP) is 4.97. The minimum atomic E-state index is -2.27. The summed E-state index contributed by atoms with van der Waals surface area (Å²) in [6.07, 6.45) is 15.1. The Morgan fingerprint density at radius 2 is 1.57 bits per heavy atom. The van der Waals surface area contributed by atoms with Crippen molar-refractivity contribution in [1.82, 2.24) is 9.55 Å². The summed E-state index contributed by atoms with van der Waals surface area (Å²) in [6, 6.07) is 0. The third-order valence-corrected chi connectivity index (χ3v) is 20.5. The minimum absolute atomic E-state index is 1.08. The SMILES string of the molecule is CCC[CH2][Sn]([CH2]CCC)([CH2]CCC)[c]1cnc2n1CC=C2. The van der Waals surface area contributed by atoms with Crippen LogP contribution < -0.4 is 3.71 Å². The number of imidazole rings is 1. The number of rotatable bonds is 10. The van der Waals surface area contributed by atoms with E-state index in [4.69, 9.17) is 4.98 Å². The first-order chi connectivity index (χ1) is 10.3. The van der Waals surface area contributed by atoms with Crippen molar-refractivity contribution in [3.63, 3.8) is 0 Å². The molecule has 1 aromatic rings. The van der Waals surface area contributed by atoms with Gasteiger partial charge in [0.2, 0.25) is 0 Å². The molecule has 0 saturated carbocycles. The Kier molecular flexibility index (Phi) is 6.84. The van der Waals surface area contributed by atoms with E-state index < -0.39 is 18.4 Å². The molecule has 3 heteroatoms. The first-order valence-electron chi connectivity index (χ1n) is 9.00. The maximum atomic E-state index is 4.72. The van der Waals surface area contributed by atoms with Crippen LogP contribution >= 0.6 is 0 Å². The molecule has 2 heterocycles. The van der Waals surface area contributed by atoms with E-state index in [0.29, 0.717) is 0 Å². The van der Waals surface area contributed by atoms with E-state index in [1.54, 1.807) is 3.71 Å². The van der Waals surface area contributed by atoms with Gasteiger partial charge in [-0.2, -0.15) is 0 Å². The van der Waals surface area contributed by atoms with Gasteiger partial charge in [-0.25, -0.2) is 0 Å². The molecule has 0 spiro atoms. The molecule has 118 valence electrons. The number of hydrogen-bond acceptors (Lipinski definition) is 1. The molecular weight excluding hydrogens is 363 g/mol. The molecule has 21 heavy (non-hydrogen) atoms. The van der Waals surface area contributed by atoms with Crippen LogP contribution in [-0.4, -0.2) is 27.9 Å². The van der Waals surface area contributed by atoms with Crippen LogP contribution in [0.5, 0.6) is 0 Å². The third kappa shape index (κ3) is 3.94. The fraction of sp³-hybridized carbons (Fsp3) is 0.722. The van der Waals surface area contributed by atoms with Crippen molar-refractivity contribution < 1.29 is 0 Å². The average Bonchev–Trinajstić information content (AvgIpc) is 3.10. The zero-order valence-electron chi connectivity index (χ0n) is 14.2. The van der Waals surface area contributed by atoms with Crippen molar-refractivity contribution in [3.8, 4) is 0 Å². The molecule has 0 aliphatic carbocycles. The Hall–Kier alpha value is -0.251. The van der Waals surface area contributed by atoms with Crippen molar-refractivity contribution in [2.24, 2.45) is 0 Å². The molecule has 0 saturated heterocycles. The third-order valence-electron chi connectivity index (χ3n) is 5.01. The molecular formula is C18H32N2Sn. The monoisotopic (exact) mass is 396 g/mol. The van der Waals surface area contributed by atoms with Gasteiger partial charge in [0.05, 0.1) is 0 Å². The molecule has 1 aliphatic heterocycles. The molecule has 0 aromatic carbocycles. The zero-order valence-corrected chi connectivity index (χ0v) is 17.1. The van der Waals surface area contributed by atoms with E-state index in [0.717, 1.165) is 6.54 Å². The second-order valence-electron chi connectivity index (χ2n) is 6.61. The topological polar surface area (TPSA) is 17.8 Å². The second kappa shape index (κ2) is 8.40. The van der Waals surface area contributed by atoms with Crippen molar-refractivity contribution in [1.29, 1.82) is 0 Å². The summed E-state index contributed by atoms with van der Waals surface area (Å²) in [4.78, 5) is 4.72. The summed E-state index contributed by atoms with van der Waals surface area (Å²) >= 11 is -2.27. The molecule has 2 nitrogen and oxygen atoms in total. The molecule has 0 atom stereocenters. The quantitative estimate of drug-likeness (QED) is 0.512. The number of unbranched alkanes of at least 4 members (excludes halogenated alkanes) is 3. The van der Waals surface area contributed by atoms with Gasteiger partial charge in [0.15, 0.2) is 0 Å². The molecule has 0 unspecified atom stereocenters. The van der Waals surface area contributed by atoms with Crippen LogP contribution in [0.15, 0.2) is 12.3 Å². The van der Waals surface area contributed by atoms with Crippen molar-refractivity contribution in [2.45, 2.75) is 79.2 Å². The van der Waals surface area contributed by atoms with Crippen LogP contribution in [0.2, 0.25) is 13.3 Å². The summed E-state index contributed by atoms with van der Waals surface area (Å²) < 4.78 is 8.89. The van der Waals surface area contributed by atoms with E-state index >= 15 is 0 Å². The van der Waals surface area contributed by atoms with Gasteiger partial charge in [-0.1, -0.05) is 0 Å². The molecule has 2 rings (SSSR count). The van der Waals surface area contributed by atoms with Crippen LogP contribution in [0.3, 0.4) is 0 Å². The first-order valence-corrected chi connectivity index (χ1v) is 16.5. The number of nitrogens with zero attached hydrogens (tertiary/aromatic N) is 2. The summed E-state index contributed by atoms with van der Waals surface area (Å²) in [7, 11) is 0. The summed E-state index contributed by atoms with van der Waals surface area (Å²) in [5.41, 5.74) is 0. The second-order valence-corrected chi connectivity index (χ2v) is 19.7. The van der Waals surface area contributed by atoms with Crippen LogP contribution in [-0.2, 0) is 6.54 Å². The van der Waals surface area contributed by atoms with Crippen LogP contribution in [0, 0.1) is 0 Å². The van der Waals surface area contributed by atoms with Gasteiger partial charge in [-0.15, -0.1) is 0 Å². The number of hydrogen-bond donors (Lipinski definition) is 0. The van der Waals surface area contributed by atoms with Crippen LogP contribution in [0.1, 0.15) is 65.1 Å². The van der Waals surface area contributed by atoms with E-state index in [2.05, 4.69) is 43.7 Å². The van der Waals surface area contributed by atoms with Crippen molar-refractivity contribution >= 4 is 28.2 Å². The first kappa shape index (κ1) is 17.1.